The van der Waals surface area contributed by atoms with Gasteiger partial charge in [0.2, 0.25) is 0 Å². The number of para-hydroxylation sites is 1. The number of aromatic nitrogens is 1. The Morgan fingerprint density at radius 3 is 2.67 bits per heavy atom. The monoisotopic (exact) mass is 389 g/mol. The molecule has 9 nitrogen and oxygen atoms in total. The van der Waals surface area contributed by atoms with Crippen LogP contribution in [0.5, 0.6) is 5.75 Å². The average molecular weight is 389 g/mol. The lowest BCUT2D eigenvalue weighted by Crippen LogP contribution is -2.45. The van der Waals surface area contributed by atoms with Crippen LogP contribution in [0, 0.1) is 0 Å². The van der Waals surface area contributed by atoms with E-state index in [4.69, 9.17) is 9.15 Å². The third-order valence-corrected chi connectivity index (χ3v) is 5.49. The summed E-state index contributed by atoms with van der Waals surface area (Å²) in [5.74, 6) is -0.712. The van der Waals surface area contributed by atoms with Crippen LogP contribution in [0.4, 0.5) is 11.4 Å². The first-order chi connectivity index (χ1) is 12.7. The first kappa shape index (κ1) is 17.2. The Morgan fingerprint density at radius 1 is 1.11 bits per heavy atom. The first-order valence-corrected chi connectivity index (χ1v) is 9.43. The number of fused-ring (bicyclic) bond motifs is 2. The normalized spacial score (nSPS) is 15.7. The van der Waals surface area contributed by atoms with Gasteiger partial charge in [-0.25, -0.2) is 13.2 Å². The average Bonchev–Trinajstić information content (AvgIpc) is 2.95. The molecule has 0 unspecified atom stereocenters. The van der Waals surface area contributed by atoms with Crippen molar-refractivity contribution in [3.05, 3.63) is 46.9 Å². The van der Waals surface area contributed by atoms with Crippen LogP contribution in [0.2, 0.25) is 0 Å². The Balaban J connectivity index is 1.73. The Morgan fingerprint density at radius 2 is 1.89 bits per heavy atom. The molecule has 2 aromatic carbocycles. The van der Waals surface area contributed by atoms with E-state index in [0.29, 0.717) is 11.3 Å². The summed E-state index contributed by atoms with van der Waals surface area (Å²) in [5, 5.41) is 2.67. The molecule has 4 rings (SSSR count). The largest absolute Gasteiger partial charge is 0.476 e. The predicted molar refractivity (Wildman–Crippen MR) is 97.4 cm³/mol. The molecule has 27 heavy (non-hydrogen) atoms. The number of nitrogens with one attached hydrogen (secondary N) is 3. The fraction of sp³-hybridized carbons (Fsp3) is 0.176. The number of rotatable bonds is 3. The van der Waals surface area contributed by atoms with Crippen molar-refractivity contribution < 1.29 is 22.4 Å². The molecule has 3 aromatic rings. The molecule has 140 valence electrons. The van der Waals surface area contributed by atoms with E-state index in [1.54, 1.807) is 26.0 Å². The van der Waals surface area contributed by atoms with Gasteiger partial charge in [0.1, 0.15) is 11.4 Å². The molecule has 0 radical (unpaired) electrons. The maximum atomic E-state index is 12.8. The topological polar surface area (TPSA) is 130 Å². The first-order valence-electron chi connectivity index (χ1n) is 7.95. The van der Waals surface area contributed by atoms with Crippen molar-refractivity contribution in [2.45, 2.75) is 24.3 Å². The molecule has 10 heteroatoms. The van der Waals surface area contributed by atoms with Crippen LogP contribution in [-0.4, -0.2) is 24.9 Å². The molecule has 0 bridgehead atoms. The maximum absolute atomic E-state index is 12.8. The summed E-state index contributed by atoms with van der Waals surface area (Å²) in [7, 11) is -4.01. The van der Waals surface area contributed by atoms with E-state index in [1.165, 1.54) is 24.3 Å². The van der Waals surface area contributed by atoms with Crippen LogP contribution in [0.1, 0.15) is 13.8 Å². The van der Waals surface area contributed by atoms with Gasteiger partial charge < -0.3 is 14.5 Å². The highest BCUT2D eigenvalue weighted by molar-refractivity contribution is 7.92. The number of carbonyl (C=O) groups excluding carboxylic acids is 1. The van der Waals surface area contributed by atoms with Crippen LogP contribution in [-0.2, 0) is 14.8 Å². The second-order valence-electron chi connectivity index (χ2n) is 6.52. The van der Waals surface area contributed by atoms with Crippen LogP contribution in [0.15, 0.2) is 50.5 Å². The summed E-state index contributed by atoms with van der Waals surface area (Å²) in [6.45, 7) is 3.23. The fourth-order valence-electron chi connectivity index (χ4n) is 2.71. The Kier molecular flexibility index (Phi) is 3.57. The molecule has 2 heterocycles. The molecule has 0 aliphatic carbocycles. The third kappa shape index (κ3) is 2.93. The smallest absolute Gasteiger partial charge is 0.417 e. The number of benzene rings is 2. The van der Waals surface area contributed by atoms with E-state index in [0.717, 1.165) is 0 Å². The third-order valence-electron chi connectivity index (χ3n) is 4.12. The van der Waals surface area contributed by atoms with Gasteiger partial charge in [0.15, 0.2) is 11.2 Å². The minimum Gasteiger partial charge on any atom is -0.476 e. The predicted octanol–water partition coefficient (Wildman–Crippen LogP) is 2.03. The molecule has 0 saturated carbocycles. The van der Waals surface area contributed by atoms with Crippen molar-refractivity contribution in [3.63, 3.8) is 0 Å². The lowest BCUT2D eigenvalue weighted by atomic mass is 10.1. The lowest BCUT2D eigenvalue weighted by Gasteiger charge is -2.32. The van der Waals surface area contributed by atoms with Gasteiger partial charge in [-0.15, -0.1) is 0 Å². The van der Waals surface area contributed by atoms with Gasteiger partial charge >= 0.3 is 5.76 Å². The maximum Gasteiger partial charge on any atom is 0.417 e. The van der Waals surface area contributed by atoms with E-state index in [2.05, 4.69) is 15.0 Å². The van der Waals surface area contributed by atoms with Crippen LogP contribution in [0.25, 0.3) is 11.1 Å². The molecule has 3 N–H and O–H groups in total. The molecule has 0 fully saturated rings. The minimum atomic E-state index is -4.01. The molecular formula is C17H15N3O6S. The number of amides is 1. The van der Waals surface area contributed by atoms with Gasteiger partial charge in [-0.2, -0.15) is 0 Å². The molecule has 1 aliphatic rings. The summed E-state index contributed by atoms with van der Waals surface area (Å²) >= 11 is 0. The highest BCUT2D eigenvalue weighted by Crippen LogP contribution is 2.39. The second-order valence-corrected chi connectivity index (χ2v) is 8.21. The molecule has 0 saturated heterocycles. The highest BCUT2D eigenvalue weighted by atomic mass is 32.2. The van der Waals surface area contributed by atoms with Crippen LogP contribution < -0.4 is 20.5 Å². The standard InChI is InChI=1S/C17H15N3O6S/c1-17(2)15(21)19-14-11(4-3-5-12(14)26-17)20-27(23,24)9-6-7-10-13(8-9)25-16(22)18-10/h3-8,20H,1-2H3,(H,18,22)(H,19,21). The number of carbonyl (C=O) groups is 1. The van der Waals surface area contributed by atoms with Gasteiger partial charge in [0, 0.05) is 6.07 Å². The summed E-state index contributed by atoms with van der Waals surface area (Å²) in [6, 6.07) is 8.76. The molecule has 1 aliphatic heterocycles. The van der Waals surface area contributed by atoms with Gasteiger partial charge in [-0.1, -0.05) is 6.07 Å². The van der Waals surface area contributed by atoms with Crippen molar-refractivity contribution >= 4 is 38.4 Å². The van der Waals surface area contributed by atoms with Crippen molar-refractivity contribution in [2.75, 3.05) is 10.0 Å². The van der Waals surface area contributed by atoms with Crippen molar-refractivity contribution in [3.8, 4) is 5.75 Å². The number of anilines is 2. The second kappa shape index (κ2) is 5.61. The van der Waals surface area contributed by atoms with E-state index < -0.39 is 27.3 Å². The molecule has 1 amide bonds. The SMILES string of the molecule is CC1(C)Oc2cccc(NS(=O)(=O)c3ccc4[nH]c(=O)oc4c3)c2NC1=O. The van der Waals surface area contributed by atoms with Crippen LogP contribution in [0.3, 0.4) is 0 Å². The number of sulfonamides is 1. The zero-order chi connectivity index (χ0) is 19.4. The summed E-state index contributed by atoms with van der Waals surface area (Å²) in [6.07, 6.45) is 0. The quantitative estimate of drug-likeness (QED) is 0.628. The number of hydrogen-bond donors (Lipinski definition) is 3. The zero-order valence-corrected chi connectivity index (χ0v) is 15.1. The molecule has 0 spiro atoms. The molecule has 0 atom stereocenters. The van der Waals surface area contributed by atoms with Gasteiger partial charge in [-0.3, -0.25) is 14.5 Å². The van der Waals surface area contributed by atoms with Gasteiger partial charge in [0.05, 0.1) is 16.1 Å². The van der Waals surface area contributed by atoms with Gasteiger partial charge in [-0.05, 0) is 38.1 Å². The number of oxazole rings is 1. The summed E-state index contributed by atoms with van der Waals surface area (Å²) in [4.78, 5) is 25.7. The Bertz CT molecular complexity index is 1240. The van der Waals surface area contributed by atoms with Crippen molar-refractivity contribution in [2.24, 2.45) is 0 Å². The van der Waals surface area contributed by atoms with Crippen LogP contribution >= 0.6 is 0 Å². The number of ether oxygens (including phenoxy) is 1. The van der Waals surface area contributed by atoms with E-state index >= 15 is 0 Å². The number of hydrogen-bond acceptors (Lipinski definition) is 6. The van der Waals surface area contributed by atoms with Crippen molar-refractivity contribution in [1.82, 2.24) is 4.98 Å². The summed E-state index contributed by atoms with van der Waals surface area (Å²) in [5.41, 5.74) is -0.164. The van der Waals surface area contributed by atoms with E-state index in [1.807, 2.05) is 0 Å². The Hall–Kier alpha value is -3.27. The fourth-order valence-corrected chi connectivity index (χ4v) is 3.80. The number of aromatic amines is 1. The Labute approximate surface area is 153 Å². The molecule has 1 aromatic heterocycles. The highest BCUT2D eigenvalue weighted by Gasteiger charge is 2.36. The van der Waals surface area contributed by atoms with Crippen molar-refractivity contribution in [1.29, 1.82) is 0 Å². The molecular weight excluding hydrogens is 374 g/mol. The van der Waals surface area contributed by atoms with Gasteiger partial charge in [0.25, 0.3) is 15.9 Å². The minimum absolute atomic E-state index is 0.0984. The zero-order valence-electron chi connectivity index (χ0n) is 14.3. The lowest BCUT2D eigenvalue weighted by molar-refractivity contribution is -0.129. The van der Waals surface area contributed by atoms with E-state index in [-0.39, 0.29) is 21.9 Å². The van der Waals surface area contributed by atoms with E-state index in [9.17, 15) is 18.0 Å². The number of H-pyrrole nitrogens is 1. The summed E-state index contributed by atoms with van der Waals surface area (Å²) < 4.78 is 38.5.